The molecule has 9 aliphatic rings. The second kappa shape index (κ2) is 7.30. The van der Waals surface area contributed by atoms with Crippen LogP contribution in [0.15, 0.2) is 12.1 Å². The molecule has 2 heteroatoms. The van der Waals surface area contributed by atoms with Crippen molar-refractivity contribution in [2.24, 2.45) is 35.5 Å². The molecule has 190 valence electrons. The Morgan fingerprint density at radius 3 is 1.40 bits per heavy atom. The Hall–Kier alpha value is -1.02. The molecule has 35 heavy (non-hydrogen) atoms. The van der Waals surface area contributed by atoms with Crippen molar-refractivity contribution in [2.45, 2.75) is 120 Å². The van der Waals surface area contributed by atoms with Crippen LogP contribution in [0.3, 0.4) is 0 Å². The summed E-state index contributed by atoms with van der Waals surface area (Å²) in [5, 5.41) is 0. The fraction of sp³-hybridized carbons (Fsp3) is 0.818. The summed E-state index contributed by atoms with van der Waals surface area (Å²) in [6.07, 6.45) is 18.1. The van der Waals surface area contributed by atoms with Crippen molar-refractivity contribution in [3.05, 3.63) is 28.8 Å². The molecule has 1 unspecified atom stereocenters. The summed E-state index contributed by atoms with van der Waals surface area (Å²) in [5.41, 5.74) is 6.23. The Morgan fingerprint density at radius 2 is 1.09 bits per heavy atom. The SMILES string of the molecule is CC(C)(C)c1c(C23CC4CC(CC(C4)C2)C3)cc(OCC2CO2)cc1C12CC3CC(CC(C3)C1)C2. The number of ether oxygens (including phenoxy) is 2. The van der Waals surface area contributed by atoms with E-state index in [1.807, 2.05) is 0 Å². The lowest BCUT2D eigenvalue weighted by molar-refractivity contribution is -0.0101. The molecule has 0 amide bonds. The van der Waals surface area contributed by atoms with Crippen LogP contribution < -0.4 is 4.74 Å². The minimum Gasteiger partial charge on any atom is -0.491 e. The van der Waals surface area contributed by atoms with Gasteiger partial charge in [0.15, 0.2) is 0 Å². The quantitative estimate of drug-likeness (QED) is 0.408. The number of hydrogen-bond acceptors (Lipinski definition) is 2. The summed E-state index contributed by atoms with van der Waals surface area (Å²) in [6.45, 7) is 9.18. The van der Waals surface area contributed by atoms with Crippen molar-refractivity contribution in [1.82, 2.24) is 0 Å². The molecule has 8 aliphatic carbocycles. The van der Waals surface area contributed by atoms with Gasteiger partial charge in [0.2, 0.25) is 0 Å². The summed E-state index contributed by atoms with van der Waals surface area (Å²) in [5.74, 6) is 7.01. The Morgan fingerprint density at radius 1 is 0.714 bits per heavy atom. The lowest BCUT2D eigenvalue weighted by Crippen LogP contribution is -2.51. The van der Waals surface area contributed by atoms with Gasteiger partial charge in [-0.15, -0.1) is 0 Å². The second-order valence-corrected chi connectivity index (χ2v) is 15.8. The minimum atomic E-state index is 0.176. The molecule has 8 bridgehead atoms. The van der Waals surface area contributed by atoms with E-state index in [1.54, 1.807) is 16.7 Å². The van der Waals surface area contributed by atoms with Gasteiger partial charge in [0.25, 0.3) is 0 Å². The van der Waals surface area contributed by atoms with E-state index in [4.69, 9.17) is 9.47 Å². The number of hydrogen-bond donors (Lipinski definition) is 0. The van der Waals surface area contributed by atoms with Crippen molar-refractivity contribution < 1.29 is 9.47 Å². The van der Waals surface area contributed by atoms with E-state index in [9.17, 15) is 0 Å². The third-order valence-corrected chi connectivity index (χ3v) is 11.9. The van der Waals surface area contributed by atoms with Gasteiger partial charge < -0.3 is 9.47 Å². The molecule has 0 spiro atoms. The number of rotatable bonds is 5. The van der Waals surface area contributed by atoms with Crippen LogP contribution in [0.25, 0.3) is 0 Å². The highest BCUT2D eigenvalue weighted by Crippen LogP contribution is 2.65. The van der Waals surface area contributed by atoms with Crippen LogP contribution in [0.2, 0.25) is 0 Å². The van der Waals surface area contributed by atoms with Gasteiger partial charge in [0, 0.05) is 0 Å². The maximum Gasteiger partial charge on any atom is 0.120 e. The Labute approximate surface area is 212 Å². The van der Waals surface area contributed by atoms with E-state index in [2.05, 4.69) is 32.9 Å². The number of benzene rings is 1. The van der Waals surface area contributed by atoms with Gasteiger partial charge in [0.05, 0.1) is 6.61 Å². The van der Waals surface area contributed by atoms with Crippen LogP contribution in [0.4, 0.5) is 0 Å². The smallest absolute Gasteiger partial charge is 0.120 e. The van der Waals surface area contributed by atoms with Gasteiger partial charge >= 0.3 is 0 Å². The Kier molecular flexibility index (Phi) is 4.59. The van der Waals surface area contributed by atoms with Gasteiger partial charge in [-0.2, -0.15) is 0 Å². The maximum absolute atomic E-state index is 6.58. The van der Waals surface area contributed by atoms with Crippen molar-refractivity contribution in [3.63, 3.8) is 0 Å². The normalized spacial score (nSPS) is 46.9. The van der Waals surface area contributed by atoms with Crippen LogP contribution in [0, 0.1) is 35.5 Å². The largest absolute Gasteiger partial charge is 0.491 e. The second-order valence-electron chi connectivity index (χ2n) is 15.8. The zero-order chi connectivity index (χ0) is 23.6. The van der Waals surface area contributed by atoms with Crippen LogP contribution in [-0.2, 0) is 21.0 Å². The zero-order valence-corrected chi connectivity index (χ0v) is 22.4. The molecular formula is C33H46O2. The number of epoxide rings is 1. The van der Waals surface area contributed by atoms with Gasteiger partial charge in [0.1, 0.15) is 18.5 Å². The topological polar surface area (TPSA) is 21.8 Å². The summed E-state index contributed by atoms with van der Waals surface area (Å²) in [6, 6.07) is 5.14. The molecule has 1 aromatic carbocycles. The molecule has 2 nitrogen and oxygen atoms in total. The van der Waals surface area contributed by atoms with Crippen molar-refractivity contribution in [3.8, 4) is 5.75 Å². The molecule has 1 atom stereocenters. The first-order valence-corrected chi connectivity index (χ1v) is 15.2. The lowest BCUT2D eigenvalue weighted by atomic mass is 9.45. The van der Waals surface area contributed by atoms with Crippen LogP contribution in [-0.4, -0.2) is 19.3 Å². The fourth-order valence-electron chi connectivity index (χ4n) is 11.6. The zero-order valence-electron chi connectivity index (χ0n) is 22.4. The highest BCUT2D eigenvalue weighted by atomic mass is 16.6. The van der Waals surface area contributed by atoms with E-state index in [0.717, 1.165) is 48.7 Å². The van der Waals surface area contributed by atoms with Crippen LogP contribution in [0.5, 0.6) is 5.75 Å². The van der Waals surface area contributed by atoms with Gasteiger partial charge in [-0.05, 0) is 158 Å². The molecule has 8 saturated carbocycles. The minimum absolute atomic E-state index is 0.176. The summed E-state index contributed by atoms with van der Waals surface area (Å²) < 4.78 is 12.1. The third kappa shape index (κ3) is 3.51. The van der Waals surface area contributed by atoms with Crippen molar-refractivity contribution in [1.29, 1.82) is 0 Å². The average molecular weight is 475 g/mol. The van der Waals surface area contributed by atoms with Crippen LogP contribution in [0.1, 0.15) is 115 Å². The molecule has 1 heterocycles. The summed E-state index contributed by atoms with van der Waals surface area (Å²) in [4.78, 5) is 0. The van der Waals surface area contributed by atoms with E-state index in [0.29, 0.717) is 16.9 Å². The van der Waals surface area contributed by atoms with E-state index in [1.165, 1.54) is 82.8 Å². The first kappa shape index (κ1) is 22.0. The fourth-order valence-corrected chi connectivity index (χ4v) is 11.6. The first-order chi connectivity index (χ1) is 16.8. The molecule has 1 aromatic rings. The molecule has 0 N–H and O–H groups in total. The van der Waals surface area contributed by atoms with Crippen LogP contribution >= 0.6 is 0 Å². The van der Waals surface area contributed by atoms with E-state index >= 15 is 0 Å². The summed E-state index contributed by atoms with van der Waals surface area (Å²) >= 11 is 0. The molecule has 9 fully saturated rings. The predicted molar refractivity (Wildman–Crippen MR) is 140 cm³/mol. The monoisotopic (exact) mass is 474 g/mol. The highest BCUT2D eigenvalue weighted by Gasteiger charge is 2.56. The highest BCUT2D eigenvalue weighted by molar-refractivity contribution is 5.54. The average Bonchev–Trinajstić information content (AvgIpc) is 3.59. The molecule has 1 saturated heterocycles. The summed E-state index contributed by atoms with van der Waals surface area (Å²) in [7, 11) is 0. The molecule has 10 rings (SSSR count). The van der Waals surface area contributed by atoms with Gasteiger partial charge in [-0.1, -0.05) is 20.8 Å². The maximum atomic E-state index is 6.58. The van der Waals surface area contributed by atoms with Gasteiger partial charge in [-0.25, -0.2) is 0 Å². The molecular weight excluding hydrogens is 428 g/mol. The Balaban J connectivity index is 1.31. The van der Waals surface area contributed by atoms with Gasteiger partial charge in [-0.3, -0.25) is 0 Å². The standard InChI is InChI=1S/C33H46O2/c1-31(2,3)30-28(32-12-20-4-21(13-32)6-22(5-20)14-32)10-26(34-18-27-19-35-27)11-29(30)33-15-23-7-24(16-33)9-25(8-23)17-33/h10-11,20-25,27H,4-9,12-19H2,1-3H3. The molecule has 1 aliphatic heterocycles. The lowest BCUT2D eigenvalue weighted by Gasteiger charge is -2.60. The predicted octanol–water partition coefficient (Wildman–Crippen LogP) is 7.70. The third-order valence-electron chi connectivity index (χ3n) is 11.9. The van der Waals surface area contributed by atoms with E-state index in [-0.39, 0.29) is 5.41 Å². The molecule has 0 radical (unpaired) electrons. The Bertz CT molecular complexity index is 888. The first-order valence-electron chi connectivity index (χ1n) is 15.2. The molecule has 0 aromatic heterocycles. The van der Waals surface area contributed by atoms with Crippen molar-refractivity contribution in [2.75, 3.05) is 13.2 Å². The van der Waals surface area contributed by atoms with E-state index < -0.39 is 0 Å². The van der Waals surface area contributed by atoms with Crippen molar-refractivity contribution >= 4 is 0 Å².